The lowest BCUT2D eigenvalue weighted by molar-refractivity contribution is 0.384. The van der Waals surface area contributed by atoms with Crippen LogP contribution in [0.25, 0.3) is 0 Å². The maximum atomic E-state index is 13.7. The van der Waals surface area contributed by atoms with Crippen molar-refractivity contribution in [3.63, 3.8) is 0 Å². The zero-order valence-corrected chi connectivity index (χ0v) is 11.0. The van der Waals surface area contributed by atoms with E-state index in [0.717, 1.165) is 25.8 Å². The van der Waals surface area contributed by atoms with Crippen LogP contribution < -0.4 is 5.32 Å². The quantitative estimate of drug-likeness (QED) is 0.774. The van der Waals surface area contributed by atoms with Crippen molar-refractivity contribution >= 4 is 28.3 Å². The van der Waals surface area contributed by atoms with Crippen molar-refractivity contribution in [1.29, 1.82) is 0 Å². The highest BCUT2D eigenvalue weighted by atomic mass is 79.9. The number of nitrogens with one attached hydrogen (secondary N) is 1. The molecule has 0 unspecified atom stereocenters. The van der Waals surface area contributed by atoms with Crippen LogP contribution in [0.2, 0.25) is 0 Å². The van der Waals surface area contributed by atoms with Crippen LogP contribution in [0.15, 0.2) is 16.6 Å². The molecular weight excluding hydrogens is 299 g/mol. The summed E-state index contributed by atoms with van der Waals surface area (Å²) in [5.41, 5.74) is 0.170. The highest BCUT2D eigenvalue weighted by molar-refractivity contribution is 9.10. The van der Waals surface area contributed by atoms with E-state index in [4.69, 9.17) is 0 Å². The second kappa shape index (κ2) is 5.94. The largest absolute Gasteiger partial charge is 0.310 e. The van der Waals surface area contributed by atoms with Crippen LogP contribution in [-0.2, 0) is 0 Å². The topological polar surface area (TPSA) is 12.0 Å². The van der Waals surface area contributed by atoms with Gasteiger partial charge in [0, 0.05) is 11.6 Å². The summed E-state index contributed by atoms with van der Waals surface area (Å²) in [7, 11) is 0. The molecule has 1 aromatic rings. The Labute approximate surface area is 108 Å². The first kappa shape index (κ1) is 13.9. The lowest BCUT2D eigenvalue weighted by Crippen LogP contribution is -2.28. The van der Waals surface area contributed by atoms with Crippen molar-refractivity contribution in [2.24, 2.45) is 0 Å². The molecule has 90 valence electrons. The summed E-state index contributed by atoms with van der Waals surface area (Å²) in [6, 6.07) is 2.52. The molecule has 1 aromatic carbocycles. The van der Waals surface area contributed by atoms with Crippen LogP contribution >= 0.6 is 28.3 Å². The van der Waals surface area contributed by atoms with E-state index in [1.165, 1.54) is 12.1 Å². The van der Waals surface area contributed by atoms with Gasteiger partial charge in [-0.15, -0.1) is 12.4 Å². The molecule has 1 N–H and O–H groups in total. The van der Waals surface area contributed by atoms with Crippen molar-refractivity contribution in [3.8, 4) is 0 Å². The molecule has 0 saturated carbocycles. The van der Waals surface area contributed by atoms with Crippen molar-refractivity contribution in [2.45, 2.75) is 25.3 Å². The minimum atomic E-state index is -0.477. The molecule has 2 rings (SSSR count). The number of halogens is 4. The molecule has 0 aliphatic carbocycles. The van der Waals surface area contributed by atoms with E-state index in [2.05, 4.69) is 21.2 Å². The number of rotatable bonds is 1. The second-order valence-corrected chi connectivity index (χ2v) is 4.61. The monoisotopic (exact) mass is 311 g/mol. The van der Waals surface area contributed by atoms with Gasteiger partial charge in [-0.05, 0) is 47.4 Å². The number of benzene rings is 1. The first-order chi connectivity index (χ1) is 7.20. The Morgan fingerprint density at radius 3 is 2.62 bits per heavy atom. The van der Waals surface area contributed by atoms with E-state index in [1.807, 2.05) is 0 Å². The first-order valence-electron chi connectivity index (χ1n) is 5.07. The molecule has 0 spiro atoms. The Bertz CT molecular complexity index is 367. The van der Waals surface area contributed by atoms with Gasteiger partial charge in [0.25, 0.3) is 0 Å². The molecule has 1 atom stereocenters. The van der Waals surface area contributed by atoms with Crippen LogP contribution in [0.1, 0.15) is 30.9 Å². The summed E-state index contributed by atoms with van der Waals surface area (Å²) < 4.78 is 27.6. The Balaban J connectivity index is 0.00000128. The second-order valence-electron chi connectivity index (χ2n) is 3.76. The molecule has 1 heterocycles. The van der Waals surface area contributed by atoms with Crippen molar-refractivity contribution in [3.05, 3.63) is 33.8 Å². The van der Waals surface area contributed by atoms with E-state index in [-0.39, 0.29) is 24.0 Å². The summed E-state index contributed by atoms with van der Waals surface area (Å²) in [6.45, 7) is 0.829. The van der Waals surface area contributed by atoms with Crippen LogP contribution in [0.4, 0.5) is 8.78 Å². The highest BCUT2D eigenvalue weighted by Crippen LogP contribution is 2.30. The van der Waals surface area contributed by atoms with Crippen LogP contribution in [0.5, 0.6) is 0 Å². The number of hydrogen-bond donors (Lipinski definition) is 1. The molecule has 0 radical (unpaired) electrons. The number of piperidine rings is 1. The van der Waals surface area contributed by atoms with Gasteiger partial charge in [0.05, 0.1) is 4.47 Å². The maximum Gasteiger partial charge on any atom is 0.145 e. The third kappa shape index (κ3) is 2.73. The lowest BCUT2D eigenvalue weighted by Gasteiger charge is -2.24. The summed E-state index contributed by atoms with van der Waals surface area (Å²) in [6.07, 6.45) is 2.89. The lowest BCUT2D eigenvalue weighted by atomic mass is 9.97. The molecule has 1 aliphatic rings. The van der Waals surface area contributed by atoms with E-state index in [9.17, 15) is 8.78 Å². The summed E-state index contributed by atoms with van der Waals surface area (Å²) in [5, 5.41) is 3.14. The van der Waals surface area contributed by atoms with Crippen molar-refractivity contribution < 1.29 is 8.78 Å². The minimum Gasteiger partial charge on any atom is -0.310 e. The maximum absolute atomic E-state index is 13.7. The fraction of sp³-hybridized carbons (Fsp3) is 0.455. The smallest absolute Gasteiger partial charge is 0.145 e. The molecular formula is C11H13BrClF2N. The zero-order chi connectivity index (χ0) is 10.8. The highest BCUT2D eigenvalue weighted by Gasteiger charge is 2.23. The van der Waals surface area contributed by atoms with E-state index in [1.54, 1.807) is 0 Å². The average molecular weight is 313 g/mol. The van der Waals surface area contributed by atoms with Crippen LogP contribution in [0, 0.1) is 11.6 Å². The third-order valence-corrected chi connectivity index (χ3v) is 3.35. The molecule has 0 bridgehead atoms. The Morgan fingerprint density at radius 1 is 1.25 bits per heavy atom. The van der Waals surface area contributed by atoms with E-state index < -0.39 is 11.6 Å². The molecule has 5 heteroatoms. The van der Waals surface area contributed by atoms with Crippen molar-refractivity contribution in [1.82, 2.24) is 5.32 Å². The molecule has 16 heavy (non-hydrogen) atoms. The third-order valence-electron chi connectivity index (χ3n) is 2.74. The van der Waals surface area contributed by atoms with E-state index in [0.29, 0.717) is 4.47 Å². The van der Waals surface area contributed by atoms with Gasteiger partial charge in [-0.2, -0.15) is 0 Å². The average Bonchev–Trinajstić information content (AvgIpc) is 2.26. The van der Waals surface area contributed by atoms with Gasteiger partial charge in [-0.3, -0.25) is 0 Å². The van der Waals surface area contributed by atoms with Gasteiger partial charge < -0.3 is 5.32 Å². The molecule has 0 amide bonds. The van der Waals surface area contributed by atoms with Gasteiger partial charge >= 0.3 is 0 Å². The molecule has 1 nitrogen and oxygen atoms in total. The Morgan fingerprint density at radius 2 is 2.00 bits per heavy atom. The molecule has 1 saturated heterocycles. The summed E-state index contributed by atoms with van der Waals surface area (Å²) in [4.78, 5) is 0. The summed E-state index contributed by atoms with van der Waals surface area (Å²) >= 11 is 3.08. The first-order valence-corrected chi connectivity index (χ1v) is 5.86. The summed E-state index contributed by atoms with van der Waals surface area (Å²) in [5.74, 6) is -0.940. The zero-order valence-electron chi connectivity index (χ0n) is 8.60. The van der Waals surface area contributed by atoms with Crippen LogP contribution in [-0.4, -0.2) is 6.54 Å². The van der Waals surface area contributed by atoms with Gasteiger partial charge in [0.15, 0.2) is 0 Å². The van der Waals surface area contributed by atoms with Crippen LogP contribution in [0.3, 0.4) is 0 Å². The predicted octanol–water partition coefficient (Wildman–Crippen LogP) is 3.96. The fourth-order valence-electron chi connectivity index (χ4n) is 1.96. The molecule has 0 aromatic heterocycles. The standard InChI is InChI=1S/C11H12BrF2N.ClH/c12-7-4-5-8(13)10(11(7)14)9-3-1-2-6-15-9;/h4-5,9,15H,1-3,6H2;1H/t9-;/m0./s1. The van der Waals surface area contributed by atoms with E-state index >= 15 is 0 Å². The minimum absolute atomic E-state index is 0. The normalized spacial score (nSPS) is 20.3. The SMILES string of the molecule is Cl.Fc1ccc(Br)c(F)c1[C@@H]1CCCCN1. The molecule has 1 fully saturated rings. The predicted molar refractivity (Wildman–Crippen MR) is 65.9 cm³/mol. The van der Waals surface area contributed by atoms with Gasteiger partial charge in [-0.25, -0.2) is 8.78 Å². The van der Waals surface area contributed by atoms with Gasteiger partial charge in [0.2, 0.25) is 0 Å². The Hall–Kier alpha value is -0.190. The van der Waals surface area contributed by atoms with Gasteiger partial charge in [0.1, 0.15) is 11.6 Å². The van der Waals surface area contributed by atoms with Crippen molar-refractivity contribution in [2.75, 3.05) is 6.54 Å². The molecule has 1 aliphatic heterocycles. The Kier molecular flexibility index (Phi) is 5.15. The fourth-order valence-corrected chi connectivity index (χ4v) is 2.31. The number of hydrogen-bond acceptors (Lipinski definition) is 1. The van der Waals surface area contributed by atoms with Gasteiger partial charge in [-0.1, -0.05) is 6.42 Å².